The molecule has 0 fully saturated rings. The van der Waals surface area contributed by atoms with Crippen LogP contribution in [0.25, 0.3) is 0 Å². The predicted molar refractivity (Wildman–Crippen MR) is 76.4 cm³/mol. The van der Waals surface area contributed by atoms with E-state index in [1.807, 2.05) is 6.92 Å². The highest BCUT2D eigenvalue weighted by atomic mass is 16.1. The summed E-state index contributed by atoms with van der Waals surface area (Å²) in [4.78, 5) is 11.9. The van der Waals surface area contributed by atoms with Crippen molar-refractivity contribution in [2.75, 3.05) is 0 Å². The molecule has 1 amide bonds. The van der Waals surface area contributed by atoms with E-state index in [-0.39, 0.29) is 11.8 Å². The number of rotatable bonds is 5. The van der Waals surface area contributed by atoms with Crippen molar-refractivity contribution in [3.05, 3.63) is 34.9 Å². The molecular weight excluding hydrogens is 222 g/mol. The molecule has 0 heterocycles. The molecule has 1 aromatic rings. The SMILES string of the molecule is Cc1cc(C)cc(CNC(=O)C(C)CC(C)C)c1. The fourth-order valence-electron chi connectivity index (χ4n) is 2.35. The number of benzene rings is 1. The lowest BCUT2D eigenvalue weighted by Crippen LogP contribution is -2.29. The topological polar surface area (TPSA) is 29.1 Å². The van der Waals surface area contributed by atoms with E-state index in [9.17, 15) is 4.79 Å². The Hall–Kier alpha value is -1.31. The first-order chi connectivity index (χ1) is 8.38. The maximum atomic E-state index is 11.9. The van der Waals surface area contributed by atoms with Gasteiger partial charge in [0, 0.05) is 12.5 Å². The molecule has 2 nitrogen and oxygen atoms in total. The van der Waals surface area contributed by atoms with Gasteiger partial charge in [-0.15, -0.1) is 0 Å². The van der Waals surface area contributed by atoms with Crippen molar-refractivity contribution in [3.63, 3.8) is 0 Å². The van der Waals surface area contributed by atoms with Crippen LogP contribution in [0, 0.1) is 25.7 Å². The van der Waals surface area contributed by atoms with Crippen molar-refractivity contribution < 1.29 is 4.79 Å². The molecule has 0 saturated carbocycles. The molecular formula is C16H25NO. The fourth-order valence-corrected chi connectivity index (χ4v) is 2.35. The summed E-state index contributed by atoms with van der Waals surface area (Å²) in [5, 5.41) is 3.02. The molecule has 2 heteroatoms. The molecule has 100 valence electrons. The first-order valence-corrected chi connectivity index (χ1v) is 6.73. The summed E-state index contributed by atoms with van der Waals surface area (Å²) < 4.78 is 0. The van der Waals surface area contributed by atoms with Crippen LogP contribution in [-0.2, 0) is 11.3 Å². The summed E-state index contributed by atoms with van der Waals surface area (Å²) in [6.45, 7) is 11.1. The quantitative estimate of drug-likeness (QED) is 0.846. The van der Waals surface area contributed by atoms with E-state index in [1.165, 1.54) is 16.7 Å². The highest BCUT2D eigenvalue weighted by Crippen LogP contribution is 2.12. The van der Waals surface area contributed by atoms with Gasteiger partial charge in [0.2, 0.25) is 5.91 Å². The lowest BCUT2D eigenvalue weighted by Gasteiger charge is -2.14. The van der Waals surface area contributed by atoms with Gasteiger partial charge < -0.3 is 5.32 Å². The molecule has 0 saturated heterocycles. The Labute approximate surface area is 111 Å². The zero-order valence-electron chi connectivity index (χ0n) is 12.2. The first kappa shape index (κ1) is 14.7. The average molecular weight is 247 g/mol. The second-order valence-corrected chi connectivity index (χ2v) is 5.74. The second kappa shape index (κ2) is 6.58. The van der Waals surface area contributed by atoms with Gasteiger partial charge in [-0.2, -0.15) is 0 Å². The third-order valence-electron chi connectivity index (χ3n) is 3.02. The van der Waals surface area contributed by atoms with Crippen LogP contribution in [0.4, 0.5) is 0 Å². The smallest absolute Gasteiger partial charge is 0.223 e. The van der Waals surface area contributed by atoms with Gasteiger partial charge in [0.15, 0.2) is 0 Å². The monoisotopic (exact) mass is 247 g/mol. The van der Waals surface area contributed by atoms with Crippen molar-refractivity contribution >= 4 is 5.91 Å². The first-order valence-electron chi connectivity index (χ1n) is 6.73. The van der Waals surface area contributed by atoms with Crippen LogP contribution in [0.1, 0.15) is 43.9 Å². The molecule has 1 unspecified atom stereocenters. The minimum absolute atomic E-state index is 0.0934. The number of hydrogen-bond acceptors (Lipinski definition) is 1. The summed E-state index contributed by atoms with van der Waals surface area (Å²) in [5.41, 5.74) is 3.67. The van der Waals surface area contributed by atoms with Crippen LogP contribution < -0.4 is 5.32 Å². The number of nitrogens with one attached hydrogen (secondary N) is 1. The lowest BCUT2D eigenvalue weighted by atomic mass is 9.98. The van der Waals surface area contributed by atoms with Crippen LogP contribution in [0.5, 0.6) is 0 Å². The summed E-state index contributed by atoms with van der Waals surface area (Å²) in [5.74, 6) is 0.811. The Morgan fingerprint density at radius 1 is 1.11 bits per heavy atom. The minimum Gasteiger partial charge on any atom is -0.352 e. The summed E-state index contributed by atoms with van der Waals surface area (Å²) in [7, 11) is 0. The standard InChI is InChI=1S/C16H25NO/c1-11(2)6-14(5)16(18)17-10-15-8-12(3)7-13(4)9-15/h7-9,11,14H,6,10H2,1-5H3,(H,17,18). The Morgan fingerprint density at radius 3 is 2.17 bits per heavy atom. The van der Waals surface area contributed by atoms with Crippen LogP contribution in [-0.4, -0.2) is 5.91 Å². The highest BCUT2D eigenvalue weighted by Gasteiger charge is 2.13. The molecule has 0 aliphatic heterocycles. The molecule has 1 N–H and O–H groups in total. The third kappa shape index (κ3) is 4.91. The predicted octanol–water partition coefficient (Wildman–Crippen LogP) is 3.60. The molecule has 0 aliphatic rings. The van der Waals surface area contributed by atoms with Gasteiger partial charge in [-0.3, -0.25) is 4.79 Å². The van der Waals surface area contributed by atoms with Gasteiger partial charge in [-0.1, -0.05) is 50.1 Å². The molecule has 0 aromatic heterocycles. The normalized spacial score (nSPS) is 12.6. The number of hydrogen-bond donors (Lipinski definition) is 1. The van der Waals surface area contributed by atoms with Gasteiger partial charge in [0.05, 0.1) is 0 Å². The molecule has 0 radical (unpaired) electrons. The number of aryl methyl sites for hydroxylation is 2. The number of carbonyl (C=O) groups excluding carboxylic acids is 1. The van der Waals surface area contributed by atoms with Crippen LogP contribution >= 0.6 is 0 Å². The molecule has 0 bridgehead atoms. The van der Waals surface area contributed by atoms with Gasteiger partial charge in [-0.25, -0.2) is 0 Å². The Kier molecular flexibility index (Phi) is 5.39. The van der Waals surface area contributed by atoms with Gasteiger partial charge in [0.1, 0.15) is 0 Å². The van der Waals surface area contributed by atoms with Gasteiger partial charge >= 0.3 is 0 Å². The van der Waals surface area contributed by atoms with Crippen molar-refractivity contribution in [2.45, 2.75) is 47.6 Å². The molecule has 1 aromatic carbocycles. The van der Waals surface area contributed by atoms with E-state index in [4.69, 9.17) is 0 Å². The average Bonchev–Trinajstić information content (AvgIpc) is 2.23. The minimum atomic E-state index is 0.0934. The van der Waals surface area contributed by atoms with E-state index in [0.29, 0.717) is 12.5 Å². The highest BCUT2D eigenvalue weighted by molar-refractivity contribution is 5.78. The van der Waals surface area contributed by atoms with E-state index in [1.54, 1.807) is 0 Å². The molecule has 0 spiro atoms. The van der Waals surface area contributed by atoms with Crippen LogP contribution in [0.2, 0.25) is 0 Å². The molecule has 0 aliphatic carbocycles. The largest absolute Gasteiger partial charge is 0.352 e. The second-order valence-electron chi connectivity index (χ2n) is 5.74. The molecule has 18 heavy (non-hydrogen) atoms. The third-order valence-corrected chi connectivity index (χ3v) is 3.02. The van der Waals surface area contributed by atoms with E-state index in [2.05, 4.69) is 51.2 Å². The Balaban J connectivity index is 2.52. The summed E-state index contributed by atoms with van der Waals surface area (Å²) >= 11 is 0. The van der Waals surface area contributed by atoms with Gasteiger partial charge in [0.25, 0.3) is 0 Å². The molecule has 1 rings (SSSR count). The zero-order valence-corrected chi connectivity index (χ0v) is 12.2. The lowest BCUT2D eigenvalue weighted by molar-refractivity contribution is -0.125. The number of amides is 1. The van der Waals surface area contributed by atoms with Gasteiger partial charge in [-0.05, 0) is 31.7 Å². The van der Waals surface area contributed by atoms with E-state index < -0.39 is 0 Å². The summed E-state index contributed by atoms with van der Waals surface area (Å²) in [6.07, 6.45) is 0.943. The maximum Gasteiger partial charge on any atom is 0.223 e. The zero-order chi connectivity index (χ0) is 13.7. The van der Waals surface area contributed by atoms with Crippen molar-refractivity contribution in [1.29, 1.82) is 0 Å². The fraction of sp³-hybridized carbons (Fsp3) is 0.562. The van der Waals surface area contributed by atoms with E-state index in [0.717, 1.165) is 6.42 Å². The van der Waals surface area contributed by atoms with Crippen molar-refractivity contribution in [2.24, 2.45) is 11.8 Å². The van der Waals surface area contributed by atoms with Crippen LogP contribution in [0.15, 0.2) is 18.2 Å². The molecule has 1 atom stereocenters. The maximum absolute atomic E-state index is 11.9. The summed E-state index contributed by atoms with van der Waals surface area (Å²) in [6, 6.07) is 6.40. The van der Waals surface area contributed by atoms with Crippen molar-refractivity contribution in [3.8, 4) is 0 Å². The van der Waals surface area contributed by atoms with Crippen LogP contribution in [0.3, 0.4) is 0 Å². The van der Waals surface area contributed by atoms with Crippen molar-refractivity contribution in [1.82, 2.24) is 5.32 Å². The Bertz CT molecular complexity index is 389. The number of carbonyl (C=O) groups is 1. The van der Waals surface area contributed by atoms with E-state index >= 15 is 0 Å². The Morgan fingerprint density at radius 2 is 1.67 bits per heavy atom.